The minimum absolute atomic E-state index is 0.0285. The van der Waals surface area contributed by atoms with E-state index in [1.54, 1.807) is 24.4 Å². The topological polar surface area (TPSA) is 48.8 Å². The Bertz CT molecular complexity index is 995. The molecule has 2 unspecified atom stereocenters. The fourth-order valence-electron chi connectivity index (χ4n) is 3.72. The number of nitrogens with zero attached hydrogens (tertiary/aromatic N) is 2. The van der Waals surface area contributed by atoms with E-state index >= 15 is 0 Å². The van der Waals surface area contributed by atoms with Crippen LogP contribution in [0.1, 0.15) is 24.8 Å². The summed E-state index contributed by atoms with van der Waals surface area (Å²) in [4.78, 5) is 13.6. The van der Waals surface area contributed by atoms with Crippen molar-refractivity contribution in [2.75, 3.05) is 32.0 Å². The zero-order valence-electron chi connectivity index (χ0n) is 16.6. The molecule has 5 nitrogen and oxygen atoms in total. The summed E-state index contributed by atoms with van der Waals surface area (Å²) >= 11 is -4.02. The first-order valence-corrected chi connectivity index (χ1v) is 12.2. The molecule has 0 aromatic carbocycles. The second-order valence-electron chi connectivity index (χ2n) is 7.86. The van der Waals surface area contributed by atoms with Crippen LogP contribution in [0.3, 0.4) is 0 Å². The van der Waals surface area contributed by atoms with Crippen LogP contribution in [0, 0.1) is 17.8 Å². The molecule has 2 atom stereocenters. The van der Waals surface area contributed by atoms with E-state index in [0.29, 0.717) is 24.2 Å². The molecule has 1 aliphatic carbocycles. The summed E-state index contributed by atoms with van der Waals surface area (Å²) in [5.41, 5.74) is 1.45. The zero-order chi connectivity index (χ0) is 21.3. The first-order valence-electron chi connectivity index (χ1n) is 10.0. The van der Waals surface area contributed by atoms with Crippen molar-refractivity contribution >= 4 is 36.5 Å². The molecule has 1 saturated heterocycles. The van der Waals surface area contributed by atoms with E-state index in [1.165, 1.54) is 4.40 Å². The first-order chi connectivity index (χ1) is 14.4. The van der Waals surface area contributed by atoms with Crippen LogP contribution in [-0.4, -0.2) is 68.9 Å². The molecular weight excluding hydrogens is 460 g/mol. The number of carbonyl (C=O) groups is 1. The van der Waals surface area contributed by atoms with Crippen LogP contribution >= 0.6 is 0 Å². The second kappa shape index (κ2) is 8.93. The van der Waals surface area contributed by atoms with Gasteiger partial charge in [0.2, 0.25) is 0 Å². The molecule has 0 spiro atoms. The van der Waals surface area contributed by atoms with Gasteiger partial charge >= 0.3 is 179 Å². The number of nitrogens with one attached hydrogen (secondary N) is 2. The molecule has 0 bridgehead atoms. The van der Waals surface area contributed by atoms with Gasteiger partial charge in [-0.25, -0.2) is 0 Å². The Balaban J connectivity index is 1.58. The van der Waals surface area contributed by atoms with Gasteiger partial charge in [0.05, 0.1) is 0 Å². The molecule has 9 heteroatoms. The summed E-state index contributed by atoms with van der Waals surface area (Å²) in [6.45, 7) is 1.26. The van der Waals surface area contributed by atoms with Crippen LogP contribution in [0.5, 0.6) is 0 Å². The summed E-state index contributed by atoms with van der Waals surface area (Å²) in [5, 5.41) is 5.93. The number of rotatable bonds is 5. The third-order valence-corrected chi connectivity index (χ3v) is 7.00. The van der Waals surface area contributed by atoms with Crippen molar-refractivity contribution in [3.05, 3.63) is 30.0 Å². The molecule has 2 aliphatic rings. The fourth-order valence-corrected chi connectivity index (χ4v) is 4.95. The van der Waals surface area contributed by atoms with Gasteiger partial charge in [0, 0.05) is 0 Å². The van der Waals surface area contributed by atoms with Crippen LogP contribution in [0.2, 0.25) is 0 Å². The third kappa shape index (κ3) is 4.61. The number of hydrogen-bond donors (Lipinski definition) is 2. The number of amides is 1. The van der Waals surface area contributed by atoms with Crippen molar-refractivity contribution in [2.45, 2.75) is 31.5 Å². The van der Waals surface area contributed by atoms with Crippen LogP contribution in [0.15, 0.2) is 24.4 Å². The zero-order valence-corrected chi connectivity index (χ0v) is 18.3. The van der Waals surface area contributed by atoms with Crippen molar-refractivity contribution in [2.24, 2.45) is 5.92 Å². The Hall–Kier alpha value is -2.14. The average Bonchev–Trinajstić information content (AvgIpc) is 3.48. The van der Waals surface area contributed by atoms with Gasteiger partial charge in [-0.3, -0.25) is 0 Å². The van der Waals surface area contributed by atoms with Gasteiger partial charge < -0.3 is 0 Å². The van der Waals surface area contributed by atoms with E-state index in [1.807, 2.05) is 11.9 Å². The van der Waals surface area contributed by atoms with Crippen molar-refractivity contribution in [3.8, 4) is 11.8 Å². The van der Waals surface area contributed by atoms with Crippen LogP contribution < -0.4 is 15.2 Å². The average molecular weight is 484 g/mol. The molecule has 2 N–H and O–H groups in total. The summed E-state index contributed by atoms with van der Waals surface area (Å²) < 4.78 is 43.7. The number of alkyl halides is 1. The van der Waals surface area contributed by atoms with Gasteiger partial charge in [-0.2, -0.15) is 0 Å². The number of pyridine rings is 1. The number of carbonyl (C=O) groups excluding carboxylic acids is 1. The number of piperidine rings is 1. The molecule has 3 heterocycles. The monoisotopic (exact) mass is 485 g/mol. The predicted molar refractivity (Wildman–Crippen MR) is 112 cm³/mol. The SMILES string of the molecule is CN1CCC(Nc2cccn3c([Se](F)F)c(C#CCNC(=O)C4CC4)cc23)C(F)C1. The van der Waals surface area contributed by atoms with E-state index < -0.39 is 21.0 Å². The summed E-state index contributed by atoms with van der Waals surface area (Å²) in [5.74, 6) is 5.65. The van der Waals surface area contributed by atoms with Gasteiger partial charge in [0.15, 0.2) is 0 Å². The summed E-state index contributed by atoms with van der Waals surface area (Å²) in [6, 6.07) is 4.73. The number of likely N-dealkylation sites (tertiary alicyclic amines) is 1. The first kappa shape index (κ1) is 21.1. The molecule has 4 rings (SSSR count). The number of halogens is 3. The summed E-state index contributed by atoms with van der Waals surface area (Å²) in [6.07, 6.45) is 3.00. The normalized spacial score (nSPS) is 22.0. The van der Waals surface area contributed by atoms with Crippen molar-refractivity contribution in [1.82, 2.24) is 14.6 Å². The van der Waals surface area contributed by atoms with Crippen molar-refractivity contribution < 1.29 is 16.3 Å². The second-order valence-corrected chi connectivity index (χ2v) is 9.57. The molecule has 1 amide bonds. The Labute approximate surface area is 178 Å². The van der Waals surface area contributed by atoms with Crippen molar-refractivity contribution in [3.63, 3.8) is 0 Å². The molecule has 2 aromatic rings. The van der Waals surface area contributed by atoms with Crippen LogP contribution in [-0.2, 0) is 4.79 Å². The maximum absolute atomic E-state index is 14.4. The van der Waals surface area contributed by atoms with E-state index in [9.17, 15) is 16.3 Å². The van der Waals surface area contributed by atoms with Crippen LogP contribution in [0.4, 0.5) is 17.2 Å². The Morgan fingerprint density at radius 1 is 1.33 bits per heavy atom. The quantitative estimate of drug-likeness (QED) is 0.504. The van der Waals surface area contributed by atoms with E-state index in [2.05, 4.69) is 22.5 Å². The minimum atomic E-state index is -4.02. The molecule has 1 aliphatic heterocycles. The molecule has 2 fully saturated rings. The molecule has 2 aromatic heterocycles. The molecule has 1 saturated carbocycles. The van der Waals surface area contributed by atoms with Gasteiger partial charge in [-0.05, 0) is 0 Å². The Morgan fingerprint density at radius 2 is 2.13 bits per heavy atom. The van der Waals surface area contributed by atoms with Gasteiger partial charge in [0.25, 0.3) is 0 Å². The van der Waals surface area contributed by atoms with Gasteiger partial charge in [-0.1, -0.05) is 0 Å². The maximum atomic E-state index is 14.4. The van der Waals surface area contributed by atoms with Gasteiger partial charge in [0.1, 0.15) is 0 Å². The van der Waals surface area contributed by atoms with Gasteiger partial charge in [-0.15, -0.1) is 0 Å². The Kier molecular flexibility index (Phi) is 6.28. The predicted octanol–water partition coefficient (Wildman–Crippen LogP) is 1.91. The molecular formula is C21H24F3N4OSe. The number of aromatic nitrogens is 1. The fraction of sp³-hybridized carbons (Fsp3) is 0.476. The van der Waals surface area contributed by atoms with E-state index in [0.717, 1.165) is 19.4 Å². The van der Waals surface area contributed by atoms with E-state index in [4.69, 9.17) is 0 Å². The molecule has 161 valence electrons. The van der Waals surface area contributed by atoms with E-state index in [-0.39, 0.29) is 34.6 Å². The van der Waals surface area contributed by atoms with Crippen molar-refractivity contribution in [1.29, 1.82) is 0 Å². The number of fused-ring (bicyclic) bond motifs is 1. The third-order valence-electron chi connectivity index (χ3n) is 5.52. The summed E-state index contributed by atoms with van der Waals surface area (Å²) in [7, 11) is 1.88. The Morgan fingerprint density at radius 3 is 2.83 bits per heavy atom. The van der Waals surface area contributed by atoms with Crippen LogP contribution in [0.25, 0.3) is 5.52 Å². The molecule has 1 radical (unpaired) electrons. The number of anilines is 1. The number of hydrogen-bond acceptors (Lipinski definition) is 3. The molecule has 30 heavy (non-hydrogen) atoms. The standard InChI is InChI=1S/C21H24F3N4OSe/c1-27-11-8-17(16(22)13-27)26-18-5-3-10-28-19(18)12-15(21(28)30(23)24)4-2-9-25-20(29)14-6-7-14/h3,5,10,12,14,16-17,26H,6-9,11,13H2,1H3,(H,25,29).